The minimum Gasteiger partial charge on any atom is -0.339 e. The van der Waals surface area contributed by atoms with Gasteiger partial charge in [-0.1, -0.05) is 0 Å². The van der Waals surface area contributed by atoms with Crippen LogP contribution in [-0.4, -0.2) is 29.2 Å². The molecule has 4 nitrogen and oxygen atoms in total. The zero-order valence-corrected chi connectivity index (χ0v) is 7.07. The van der Waals surface area contributed by atoms with Crippen LogP contribution in [-0.2, 0) is 0 Å². The summed E-state index contributed by atoms with van der Waals surface area (Å²) >= 11 is 0. The van der Waals surface area contributed by atoms with E-state index in [2.05, 4.69) is 27.1 Å². The standard InChI is InChI=1S/C8H12N4/c1-7-10-4-5-12(7)8-6-9-2-3-11-8/h2-3,6-7,10H,4-5H2,1H3. The molecule has 0 saturated carbocycles. The van der Waals surface area contributed by atoms with Gasteiger partial charge in [-0.05, 0) is 6.92 Å². The van der Waals surface area contributed by atoms with E-state index >= 15 is 0 Å². The molecule has 0 amide bonds. The van der Waals surface area contributed by atoms with Crippen LogP contribution in [0.2, 0.25) is 0 Å². The van der Waals surface area contributed by atoms with Crippen molar-refractivity contribution in [2.75, 3.05) is 18.0 Å². The lowest BCUT2D eigenvalue weighted by molar-refractivity contribution is 0.655. The highest BCUT2D eigenvalue weighted by Crippen LogP contribution is 2.12. The van der Waals surface area contributed by atoms with Crippen molar-refractivity contribution in [1.29, 1.82) is 0 Å². The van der Waals surface area contributed by atoms with Gasteiger partial charge in [-0.15, -0.1) is 0 Å². The van der Waals surface area contributed by atoms with Crippen molar-refractivity contribution in [2.24, 2.45) is 0 Å². The number of rotatable bonds is 1. The van der Waals surface area contributed by atoms with Gasteiger partial charge in [0.2, 0.25) is 0 Å². The summed E-state index contributed by atoms with van der Waals surface area (Å²) in [5.74, 6) is 0.954. The summed E-state index contributed by atoms with van der Waals surface area (Å²) < 4.78 is 0. The lowest BCUT2D eigenvalue weighted by Gasteiger charge is -2.20. The van der Waals surface area contributed by atoms with E-state index in [0.29, 0.717) is 6.17 Å². The average molecular weight is 164 g/mol. The van der Waals surface area contributed by atoms with Crippen LogP contribution < -0.4 is 10.2 Å². The van der Waals surface area contributed by atoms with Gasteiger partial charge in [0.1, 0.15) is 5.82 Å². The van der Waals surface area contributed by atoms with E-state index in [1.165, 1.54) is 0 Å². The lowest BCUT2D eigenvalue weighted by atomic mass is 10.5. The Morgan fingerprint density at radius 2 is 2.50 bits per heavy atom. The van der Waals surface area contributed by atoms with Gasteiger partial charge in [0, 0.05) is 25.5 Å². The molecule has 1 fully saturated rings. The average Bonchev–Trinajstić information content (AvgIpc) is 2.53. The predicted octanol–water partition coefficient (Wildman–Crippen LogP) is 0.232. The van der Waals surface area contributed by atoms with Gasteiger partial charge in [0.25, 0.3) is 0 Å². The van der Waals surface area contributed by atoms with Crippen molar-refractivity contribution in [3.63, 3.8) is 0 Å². The Morgan fingerprint density at radius 3 is 3.08 bits per heavy atom. The SMILES string of the molecule is CC1NCCN1c1cnccn1. The molecular formula is C8H12N4. The third kappa shape index (κ3) is 1.25. The highest BCUT2D eigenvalue weighted by Gasteiger charge is 2.20. The number of aromatic nitrogens is 2. The minimum absolute atomic E-state index is 0.377. The summed E-state index contributed by atoms with van der Waals surface area (Å²) in [4.78, 5) is 10.5. The summed E-state index contributed by atoms with van der Waals surface area (Å²) in [5, 5.41) is 3.33. The molecule has 4 heteroatoms. The molecule has 2 rings (SSSR count). The molecule has 0 bridgehead atoms. The Morgan fingerprint density at radius 1 is 1.58 bits per heavy atom. The van der Waals surface area contributed by atoms with Crippen molar-refractivity contribution in [1.82, 2.24) is 15.3 Å². The maximum absolute atomic E-state index is 4.23. The molecule has 12 heavy (non-hydrogen) atoms. The third-order valence-corrected chi connectivity index (χ3v) is 2.10. The molecule has 1 aliphatic rings. The van der Waals surface area contributed by atoms with Crippen LogP contribution in [0.25, 0.3) is 0 Å². The minimum atomic E-state index is 0.377. The molecule has 1 aromatic rings. The molecule has 1 N–H and O–H groups in total. The van der Waals surface area contributed by atoms with E-state index in [4.69, 9.17) is 0 Å². The molecule has 64 valence electrons. The fourth-order valence-corrected chi connectivity index (χ4v) is 1.45. The summed E-state index contributed by atoms with van der Waals surface area (Å²) in [5.41, 5.74) is 0. The monoisotopic (exact) mass is 164 g/mol. The molecular weight excluding hydrogens is 152 g/mol. The molecule has 1 atom stereocenters. The van der Waals surface area contributed by atoms with Crippen LogP contribution in [0.5, 0.6) is 0 Å². The second-order valence-corrected chi connectivity index (χ2v) is 2.89. The number of anilines is 1. The molecule has 1 unspecified atom stereocenters. The van der Waals surface area contributed by atoms with Crippen molar-refractivity contribution in [2.45, 2.75) is 13.1 Å². The Balaban J connectivity index is 2.19. The van der Waals surface area contributed by atoms with Crippen LogP contribution in [0, 0.1) is 0 Å². The maximum Gasteiger partial charge on any atom is 0.148 e. The van der Waals surface area contributed by atoms with Crippen LogP contribution in [0.15, 0.2) is 18.6 Å². The number of hydrogen-bond donors (Lipinski definition) is 1. The van der Waals surface area contributed by atoms with Crippen molar-refractivity contribution >= 4 is 5.82 Å². The number of nitrogens with zero attached hydrogens (tertiary/aromatic N) is 3. The molecule has 1 aliphatic heterocycles. The Hall–Kier alpha value is -1.16. The van der Waals surface area contributed by atoms with Crippen LogP contribution >= 0.6 is 0 Å². The van der Waals surface area contributed by atoms with Gasteiger partial charge >= 0.3 is 0 Å². The quantitative estimate of drug-likeness (QED) is 0.645. The Bertz CT molecular complexity index is 248. The predicted molar refractivity (Wildman–Crippen MR) is 46.8 cm³/mol. The zero-order valence-electron chi connectivity index (χ0n) is 7.07. The number of nitrogens with one attached hydrogen (secondary N) is 1. The van der Waals surface area contributed by atoms with Gasteiger partial charge in [-0.2, -0.15) is 0 Å². The second-order valence-electron chi connectivity index (χ2n) is 2.89. The van der Waals surface area contributed by atoms with Crippen molar-refractivity contribution < 1.29 is 0 Å². The first-order chi connectivity index (χ1) is 5.88. The van der Waals surface area contributed by atoms with E-state index in [-0.39, 0.29) is 0 Å². The van der Waals surface area contributed by atoms with Gasteiger partial charge in [0.15, 0.2) is 0 Å². The largest absolute Gasteiger partial charge is 0.339 e. The van der Waals surface area contributed by atoms with E-state index in [9.17, 15) is 0 Å². The Labute approximate surface area is 71.6 Å². The molecule has 0 radical (unpaired) electrons. The molecule has 1 saturated heterocycles. The number of hydrogen-bond acceptors (Lipinski definition) is 4. The summed E-state index contributed by atoms with van der Waals surface area (Å²) in [6.07, 6.45) is 5.59. The molecule has 0 aliphatic carbocycles. The molecule has 0 aromatic carbocycles. The normalized spacial score (nSPS) is 23.1. The lowest BCUT2D eigenvalue weighted by Crippen LogP contribution is -2.33. The second kappa shape index (κ2) is 3.06. The summed E-state index contributed by atoms with van der Waals surface area (Å²) in [6, 6.07) is 0. The van der Waals surface area contributed by atoms with Crippen molar-refractivity contribution in [3.05, 3.63) is 18.6 Å². The first kappa shape index (κ1) is 7.49. The van der Waals surface area contributed by atoms with Crippen LogP contribution in [0.4, 0.5) is 5.82 Å². The maximum atomic E-state index is 4.23. The van der Waals surface area contributed by atoms with E-state index in [1.54, 1.807) is 18.6 Å². The fourth-order valence-electron chi connectivity index (χ4n) is 1.45. The van der Waals surface area contributed by atoms with Gasteiger partial charge in [-0.25, -0.2) is 4.98 Å². The first-order valence-corrected chi connectivity index (χ1v) is 4.14. The highest BCUT2D eigenvalue weighted by molar-refractivity contribution is 5.37. The van der Waals surface area contributed by atoms with Gasteiger partial charge in [0.05, 0.1) is 12.4 Å². The molecule has 2 heterocycles. The summed E-state index contributed by atoms with van der Waals surface area (Å²) in [6.45, 7) is 4.17. The van der Waals surface area contributed by atoms with E-state index < -0.39 is 0 Å². The Kier molecular flexibility index (Phi) is 1.91. The third-order valence-electron chi connectivity index (χ3n) is 2.10. The van der Waals surface area contributed by atoms with Crippen molar-refractivity contribution in [3.8, 4) is 0 Å². The molecule has 1 aromatic heterocycles. The fraction of sp³-hybridized carbons (Fsp3) is 0.500. The van der Waals surface area contributed by atoms with E-state index in [1.807, 2.05) is 0 Å². The van der Waals surface area contributed by atoms with E-state index in [0.717, 1.165) is 18.9 Å². The van der Waals surface area contributed by atoms with Crippen LogP contribution in [0.3, 0.4) is 0 Å². The first-order valence-electron chi connectivity index (χ1n) is 4.14. The van der Waals surface area contributed by atoms with Gasteiger partial charge < -0.3 is 4.90 Å². The smallest absolute Gasteiger partial charge is 0.148 e. The summed E-state index contributed by atoms with van der Waals surface area (Å²) in [7, 11) is 0. The highest BCUT2D eigenvalue weighted by atomic mass is 15.3. The van der Waals surface area contributed by atoms with Gasteiger partial charge in [-0.3, -0.25) is 10.3 Å². The topological polar surface area (TPSA) is 41.0 Å². The van der Waals surface area contributed by atoms with Crippen LogP contribution in [0.1, 0.15) is 6.92 Å². The zero-order chi connectivity index (χ0) is 8.39. The molecule has 0 spiro atoms.